The molecule has 110 valence electrons. The van der Waals surface area contributed by atoms with Crippen LogP contribution in [0.1, 0.15) is 56.4 Å². The Balaban J connectivity index is 2.64. The summed E-state index contributed by atoms with van der Waals surface area (Å²) in [5.74, 6) is 0. The highest BCUT2D eigenvalue weighted by Crippen LogP contribution is 2.24. The Bertz CT molecular complexity index is 390. The average Bonchev–Trinajstić information content (AvgIpc) is 2.65. The zero-order chi connectivity index (χ0) is 14.6. The number of hydrogen-bond acceptors (Lipinski definition) is 3. The van der Waals surface area contributed by atoms with Crippen molar-refractivity contribution in [2.24, 2.45) is 0 Å². The second-order valence-electron chi connectivity index (χ2n) is 6.57. The Labute approximate surface area is 123 Å². The topological polar surface area (TPSA) is 15.3 Å². The lowest BCUT2D eigenvalue weighted by Gasteiger charge is -2.23. The zero-order valence-corrected chi connectivity index (χ0v) is 14.4. The van der Waals surface area contributed by atoms with Crippen molar-refractivity contribution < 1.29 is 0 Å². The first kappa shape index (κ1) is 16.7. The van der Waals surface area contributed by atoms with Crippen LogP contribution >= 0.6 is 11.3 Å². The van der Waals surface area contributed by atoms with Gasteiger partial charge in [-0.2, -0.15) is 0 Å². The summed E-state index contributed by atoms with van der Waals surface area (Å²) in [6, 6.07) is 3.02. The van der Waals surface area contributed by atoms with Crippen LogP contribution in [0.5, 0.6) is 0 Å². The number of rotatable bonds is 6. The van der Waals surface area contributed by atoms with Crippen LogP contribution in [0.2, 0.25) is 0 Å². The molecule has 0 spiro atoms. The Morgan fingerprint density at radius 1 is 1.37 bits per heavy atom. The Morgan fingerprint density at radius 2 is 2.00 bits per heavy atom. The molecule has 0 saturated heterocycles. The van der Waals surface area contributed by atoms with E-state index in [1.165, 1.54) is 21.7 Å². The fourth-order valence-corrected chi connectivity index (χ4v) is 2.91. The van der Waals surface area contributed by atoms with Crippen LogP contribution in [0.3, 0.4) is 0 Å². The molecule has 0 aromatic carbocycles. The van der Waals surface area contributed by atoms with Gasteiger partial charge in [-0.3, -0.25) is 4.90 Å². The summed E-state index contributed by atoms with van der Waals surface area (Å²) in [7, 11) is 2.22. The lowest BCUT2D eigenvalue weighted by atomic mass is 10.1. The van der Waals surface area contributed by atoms with Crippen molar-refractivity contribution in [1.29, 1.82) is 0 Å². The van der Waals surface area contributed by atoms with E-state index in [4.69, 9.17) is 0 Å². The second-order valence-corrected chi connectivity index (χ2v) is 7.91. The third-order valence-electron chi connectivity index (χ3n) is 3.63. The minimum atomic E-state index is 0.186. The van der Waals surface area contributed by atoms with E-state index in [0.29, 0.717) is 6.04 Å². The molecule has 19 heavy (non-hydrogen) atoms. The Hall–Kier alpha value is -0.380. The summed E-state index contributed by atoms with van der Waals surface area (Å²) in [5.41, 5.74) is 1.67. The molecule has 1 heterocycles. The Kier molecular flexibility index (Phi) is 6.03. The van der Waals surface area contributed by atoms with Crippen molar-refractivity contribution in [2.75, 3.05) is 7.05 Å². The standard InChI is InChI=1S/C16H30N2S/c1-8-12(2)18(7)11-14-9-15(19-13(14)3)10-17-16(4,5)6/h9,12,17H,8,10-11H2,1-7H3. The van der Waals surface area contributed by atoms with Crippen LogP contribution in [-0.2, 0) is 13.1 Å². The lowest BCUT2D eigenvalue weighted by molar-refractivity contribution is 0.243. The SMILES string of the molecule is CCC(C)N(C)Cc1cc(CNC(C)(C)C)sc1C. The molecule has 1 unspecified atom stereocenters. The van der Waals surface area contributed by atoms with Gasteiger partial charge in [-0.25, -0.2) is 0 Å². The first-order valence-corrected chi connectivity index (χ1v) is 8.08. The average molecular weight is 282 g/mol. The molecule has 1 aromatic rings. The number of thiophene rings is 1. The molecule has 1 aromatic heterocycles. The van der Waals surface area contributed by atoms with Crippen molar-refractivity contribution >= 4 is 11.3 Å². The minimum Gasteiger partial charge on any atom is -0.307 e. The molecule has 1 N–H and O–H groups in total. The third-order valence-corrected chi connectivity index (χ3v) is 4.72. The van der Waals surface area contributed by atoms with E-state index in [1.54, 1.807) is 0 Å². The van der Waals surface area contributed by atoms with Gasteiger partial charge in [0.15, 0.2) is 0 Å². The van der Waals surface area contributed by atoms with Crippen molar-refractivity contribution in [1.82, 2.24) is 10.2 Å². The molecule has 0 aliphatic rings. The fraction of sp³-hybridized carbons (Fsp3) is 0.750. The largest absolute Gasteiger partial charge is 0.307 e. The van der Waals surface area contributed by atoms with Crippen LogP contribution in [0, 0.1) is 6.92 Å². The zero-order valence-electron chi connectivity index (χ0n) is 13.6. The maximum absolute atomic E-state index is 3.56. The van der Waals surface area contributed by atoms with E-state index >= 15 is 0 Å². The van der Waals surface area contributed by atoms with Crippen LogP contribution in [0.15, 0.2) is 6.07 Å². The quantitative estimate of drug-likeness (QED) is 0.842. The van der Waals surface area contributed by atoms with E-state index in [9.17, 15) is 0 Å². The molecule has 3 heteroatoms. The van der Waals surface area contributed by atoms with Crippen molar-refractivity contribution in [3.05, 3.63) is 21.4 Å². The van der Waals surface area contributed by atoms with Gasteiger partial charge in [-0.1, -0.05) is 6.92 Å². The van der Waals surface area contributed by atoms with Crippen molar-refractivity contribution in [3.63, 3.8) is 0 Å². The summed E-state index contributed by atoms with van der Waals surface area (Å²) >= 11 is 1.93. The first-order valence-electron chi connectivity index (χ1n) is 7.26. The van der Waals surface area contributed by atoms with Gasteiger partial charge in [0.25, 0.3) is 0 Å². The van der Waals surface area contributed by atoms with E-state index < -0.39 is 0 Å². The molecule has 0 saturated carbocycles. The molecule has 0 radical (unpaired) electrons. The fourth-order valence-electron chi connectivity index (χ4n) is 1.92. The summed E-state index contributed by atoms with van der Waals surface area (Å²) in [5, 5.41) is 3.56. The maximum Gasteiger partial charge on any atom is 0.0304 e. The highest BCUT2D eigenvalue weighted by atomic mass is 32.1. The van der Waals surface area contributed by atoms with Crippen LogP contribution in [-0.4, -0.2) is 23.5 Å². The number of nitrogens with zero attached hydrogens (tertiary/aromatic N) is 1. The van der Waals surface area contributed by atoms with Crippen LogP contribution in [0.25, 0.3) is 0 Å². The molecular formula is C16H30N2S. The number of aryl methyl sites for hydroxylation is 1. The van der Waals surface area contributed by atoms with Gasteiger partial charge in [-0.15, -0.1) is 11.3 Å². The smallest absolute Gasteiger partial charge is 0.0304 e. The van der Waals surface area contributed by atoms with Gasteiger partial charge in [0.05, 0.1) is 0 Å². The number of nitrogens with one attached hydrogen (secondary N) is 1. The highest BCUT2D eigenvalue weighted by Gasteiger charge is 2.13. The van der Waals surface area contributed by atoms with E-state index in [2.05, 4.69) is 64.9 Å². The molecule has 0 bridgehead atoms. The van der Waals surface area contributed by atoms with Crippen molar-refractivity contribution in [3.8, 4) is 0 Å². The normalized spacial score (nSPS) is 14.1. The van der Waals surface area contributed by atoms with E-state index in [-0.39, 0.29) is 5.54 Å². The van der Waals surface area contributed by atoms with E-state index in [1.807, 2.05) is 11.3 Å². The van der Waals surface area contributed by atoms with E-state index in [0.717, 1.165) is 13.1 Å². The maximum atomic E-state index is 3.56. The molecule has 2 nitrogen and oxygen atoms in total. The predicted molar refractivity (Wildman–Crippen MR) is 86.9 cm³/mol. The van der Waals surface area contributed by atoms with Gasteiger partial charge >= 0.3 is 0 Å². The molecule has 0 aliphatic heterocycles. The third kappa shape index (κ3) is 5.64. The summed E-state index contributed by atoms with van der Waals surface area (Å²) < 4.78 is 0. The molecule has 0 aliphatic carbocycles. The minimum absolute atomic E-state index is 0.186. The summed E-state index contributed by atoms with van der Waals surface area (Å²) in [4.78, 5) is 5.34. The van der Waals surface area contributed by atoms with Crippen LogP contribution < -0.4 is 5.32 Å². The predicted octanol–water partition coefficient (Wildman–Crippen LogP) is 4.17. The van der Waals surface area contributed by atoms with Gasteiger partial charge in [0, 0.05) is 34.4 Å². The van der Waals surface area contributed by atoms with Crippen LogP contribution in [0.4, 0.5) is 0 Å². The van der Waals surface area contributed by atoms with Gasteiger partial charge in [0.1, 0.15) is 0 Å². The van der Waals surface area contributed by atoms with Crippen molar-refractivity contribution in [2.45, 2.75) is 72.6 Å². The first-order chi connectivity index (χ1) is 8.73. The molecule has 0 amide bonds. The molecule has 1 rings (SSSR count). The van der Waals surface area contributed by atoms with Gasteiger partial charge < -0.3 is 5.32 Å². The summed E-state index contributed by atoms with van der Waals surface area (Å²) in [6.45, 7) is 15.5. The van der Waals surface area contributed by atoms with Gasteiger partial charge in [0.2, 0.25) is 0 Å². The molecular weight excluding hydrogens is 252 g/mol. The monoisotopic (exact) mass is 282 g/mol. The molecule has 1 atom stereocenters. The lowest BCUT2D eigenvalue weighted by Crippen LogP contribution is -2.34. The van der Waals surface area contributed by atoms with Gasteiger partial charge in [-0.05, 0) is 59.7 Å². The highest BCUT2D eigenvalue weighted by molar-refractivity contribution is 7.12. The summed E-state index contributed by atoms with van der Waals surface area (Å²) in [6.07, 6.45) is 1.21. The number of hydrogen-bond donors (Lipinski definition) is 1. The molecule has 0 fully saturated rings. The Morgan fingerprint density at radius 3 is 2.53 bits per heavy atom. The second kappa shape index (κ2) is 6.87.